The van der Waals surface area contributed by atoms with Crippen molar-refractivity contribution in [3.63, 3.8) is 0 Å². The second kappa shape index (κ2) is 8.26. The Morgan fingerprint density at radius 2 is 1.79 bits per heavy atom. The fourth-order valence-corrected chi connectivity index (χ4v) is 3.50. The normalized spacial score (nSPS) is 25.4. The summed E-state index contributed by atoms with van der Waals surface area (Å²) in [4.78, 5) is 2.82. The molecule has 0 bridgehead atoms. The van der Waals surface area contributed by atoms with Crippen molar-refractivity contribution in [2.75, 3.05) is 13.1 Å². The number of nitrogens with zero attached hydrogens (tertiary/aromatic N) is 1. The molecule has 2 atom stereocenters. The van der Waals surface area contributed by atoms with E-state index in [4.69, 9.17) is 0 Å². The summed E-state index contributed by atoms with van der Waals surface area (Å²) in [7, 11) is 0. The fraction of sp³-hybridized carbons (Fsp3) is 1.00. The van der Waals surface area contributed by atoms with Crippen LogP contribution >= 0.6 is 0 Å². The van der Waals surface area contributed by atoms with Crippen LogP contribution < -0.4 is 5.32 Å². The molecule has 1 aliphatic heterocycles. The van der Waals surface area contributed by atoms with Crippen LogP contribution in [0.25, 0.3) is 0 Å². The minimum absolute atomic E-state index is 0.366. The van der Waals surface area contributed by atoms with Crippen molar-refractivity contribution in [1.29, 1.82) is 0 Å². The number of rotatable bonds is 8. The SMILES string of the molecule is CCCCC(CCC)N1CC(CC)(CC)NCC1C. The van der Waals surface area contributed by atoms with Crippen LogP contribution in [0, 0.1) is 0 Å². The van der Waals surface area contributed by atoms with Crippen LogP contribution in [0.5, 0.6) is 0 Å². The van der Waals surface area contributed by atoms with Gasteiger partial charge in [0, 0.05) is 30.7 Å². The average molecular weight is 268 g/mol. The first-order valence-corrected chi connectivity index (χ1v) is 8.63. The Balaban J connectivity index is 2.73. The smallest absolute Gasteiger partial charge is 0.0304 e. The highest BCUT2D eigenvalue weighted by Gasteiger charge is 2.37. The molecule has 114 valence electrons. The highest BCUT2D eigenvalue weighted by Crippen LogP contribution is 2.27. The highest BCUT2D eigenvalue weighted by atomic mass is 15.3. The van der Waals surface area contributed by atoms with Crippen molar-refractivity contribution in [3.8, 4) is 0 Å². The Kier molecular flexibility index (Phi) is 7.38. The van der Waals surface area contributed by atoms with E-state index in [1.54, 1.807) is 0 Å². The molecule has 0 aliphatic carbocycles. The van der Waals surface area contributed by atoms with Gasteiger partial charge in [-0.25, -0.2) is 0 Å². The van der Waals surface area contributed by atoms with Crippen molar-refractivity contribution in [1.82, 2.24) is 10.2 Å². The van der Waals surface area contributed by atoms with E-state index in [1.165, 1.54) is 51.5 Å². The molecule has 1 N–H and O–H groups in total. The zero-order valence-corrected chi connectivity index (χ0v) is 14.0. The van der Waals surface area contributed by atoms with Crippen molar-refractivity contribution < 1.29 is 0 Å². The molecule has 0 saturated carbocycles. The maximum atomic E-state index is 3.82. The van der Waals surface area contributed by atoms with Crippen molar-refractivity contribution in [2.45, 2.75) is 97.2 Å². The van der Waals surface area contributed by atoms with Crippen molar-refractivity contribution in [2.24, 2.45) is 0 Å². The Morgan fingerprint density at radius 1 is 1.11 bits per heavy atom. The standard InChI is InChI=1S/C17H36N2/c1-6-10-12-16(11-7-2)19-14-17(8-3,9-4)18-13-15(19)5/h15-16,18H,6-14H2,1-5H3. The van der Waals surface area contributed by atoms with Crippen molar-refractivity contribution in [3.05, 3.63) is 0 Å². The predicted octanol–water partition coefficient (Wildman–Crippen LogP) is 4.20. The topological polar surface area (TPSA) is 15.3 Å². The minimum atomic E-state index is 0.366. The molecule has 0 radical (unpaired) electrons. The fourth-order valence-electron chi connectivity index (χ4n) is 3.50. The number of hydrogen-bond acceptors (Lipinski definition) is 2. The van der Waals surface area contributed by atoms with Gasteiger partial charge in [-0.3, -0.25) is 4.90 Å². The van der Waals surface area contributed by atoms with E-state index in [2.05, 4.69) is 44.8 Å². The third kappa shape index (κ3) is 4.46. The van der Waals surface area contributed by atoms with E-state index in [-0.39, 0.29) is 0 Å². The van der Waals surface area contributed by atoms with Crippen LogP contribution in [0.4, 0.5) is 0 Å². The van der Waals surface area contributed by atoms with Gasteiger partial charge < -0.3 is 5.32 Å². The molecule has 19 heavy (non-hydrogen) atoms. The lowest BCUT2D eigenvalue weighted by Gasteiger charge is -2.49. The van der Waals surface area contributed by atoms with Crippen molar-refractivity contribution >= 4 is 0 Å². The molecule has 0 aromatic carbocycles. The maximum Gasteiger partial charge on any atom is 0.0304 e. The number of hydrogen-bond donors (Lipinski definition) is 1. The maximum absolute atomic E-state index is 3.82. The summed E-state index contributed by atoms with van der Waals surface area (Å²) in [5.41, 5.74) is 0.366. The average Bonchev–Trinajstić information content (AvgIpc) is 2.45. The summed E-state index contributed by atoms with van der Waals surface area (Å²) >= 11 is 0. The third-order valence-corrected chi connectivity index (χ3v) is 5.16. The van der Waals surface area contributed by atoms with E-state index in [9.17, 15) is 0 Å². The van der Waals surface area contributed by atoms with E-state index in [1.807, 2.05) is 0 Å². The molecule has 0 spiro atoms. The van der Waals surface area contributed by atoms with Gasteiger partial charge in [-0.2, -0.15) is 0 Å². The lowest BCUT2D eigenvalue weighted by atomic mass is 9.87. The van der Waals surface area contributed by atoms with Gasteiger partial charge in [-0.15, -0.1) is 0 Å². The Labute approximate surface area is 121 Å². The molecule has 1 rings (SSSR count). The van der Waals surface area contributed by atoms with Gasteiger partial charge in [0.1, 0.15) is 0 Å². The van der Waals surface area contributed by atoms with E-state index >= 15 is 0 Å². The Bertz CT molecular complexity index is 235. The minimum Gasteiger partial charge on any atom is -0.308 e. The lowest BCUT2D eigenvalue weighted by Crippen LogP contribution is -2.65. The number of piperazine rings is 1. The van der Waals surface area contributed by atoms with Gasteiger partial charge in [-0.05, 0) is 32.6 Å². The van der Waals surface area contributed by atoms with Gasteiger partial charge in [0.25, 0.3) is 0 Å². The first-order valence-electron chi connectivity index (χ1n) is 8.63. The second-order valence-corrected chi connectivity index (χ2v) is 6.47. The summed E-state index contributed by atoms with van der Waals surface area (Å²) in [6.07, 6.45) is 9.28. The quantitative estimate of drug-likeness (QED) is 0.710. The molecule has 2 heteroatoms. The summed E-state index contributed by atoms with van der Waals surface area (Å²) < 4.78 is 0. The van der Waals surface area contributed by atoms with E-state index in [0.717, 1.165) is 12.6 Å². The molecule has 1 saturated heterocycles. The summed E-state index contributed by atoms with van der Waals surface area (Å²) in [5, 5.41) is 3.82. The lowest BCUT2D eigenvalue weighted by molar-refractivity contribution is 0.0365. The Morgan fingerprint density at radius 3 is 2.32 bits per heavy atom. The molecule has 1 aliphatic rings. The largest absolute Gasteiger partial charge is 0.308 e. The summed E-state index contributed by atoms with van der Waals surface area (Å²) in [5.74, 6) is 0. The molecular formula is C17H36N2. The first-order chi connectivity index (χ1) is 9.12. The molecule has 0 aromatic rings. The molecular weight excluding hydrogens is 232 g/mol. The number of nitrogens with one attached hydrogen (secondary N) is 1. The van der Waals surface area contributed by atoms with Crippen LogP contribution in [0.15, 0.2) is 0 Å². The van der Waals surface area contributed by atoms with E-state index in [0.29, 0.717) is 11.6 Å². The van der Waals surface area contributed by atoms with Gasteiger partial charge in [0.15, 0.2) is 0 Å². The van der Waals surface area contributed by atoms with Crippen LogP contribution in [-0.2, 0) is 0 Å². The van der Waals surface area contributed by atoms with Gasteiger partial charge in [0.05, 0.1) is 0 Å². The first kappa shape index (κ1) is 17.0. The summed E-state index contributed by atoms with van der Waals surface area (Å²) in [6, 6.07) is 1.50. The van der Waals surface area contributed by atoms with Gasteiger partial charge >= 0.3 is 0 Å². The second-order valence-electron chi connectivity index (χ2n) is 6.47. The zero-order valence-electron chi connectivity index (χ0n) is 14.0. The predicted molar refractivity (Wildman–Crippen MR) is 85.7 cm³/mol. The molecule has 0 aromatic heterocycles. The molecule has 2 nitrogen and oxygen atoms in total. The van der Waals surface area contributed by atoms with Gasteiger partial charge in [0.2, 0.25) is 0 Å². The molecule has 2 unspecified atom stereocenters. The van der Waals surface area contributed by atoms with Crippen LogP contribution in [-0.4, -0.2) is 35.6 Å². The summed E-state index contributed by atoms with van der Waals surface area (Å²) in [6.45, 7) is 14.1. The monoisotopic (exact) mass is 268 g/mol. The third-order valence-electron chi connectivity index (χ3n) is 5.16. The molecule has 0 amide bonds. The molecule has 1 fully saturated rings. The van der Waals surface area contributed by atoms with Gasteiger partial charge in [-0.1, -0.05) is 47.0 Å². The number of unbranched alkanes of at least 4 members (excludes halogenated alkanes) is 1. The Hall–Kier alpha value is -0.0800. The molecule has 1 heterocycles. The zero-order chi connectivity index (χ0) is 14.3. The van der Waals surface area contributed by atoms with Crippen LogP contribution in [0.2, 0.25) is 0 Å². The van der Waals surface area contributed by atoms with Crippen LogP contribution in [0.3, 0.4) is 0 Å². The van der Waals surface area contributed by atoms with Crippen LogP contribution in [0.1, 0.15) is 79.6 Å². The van der Waals surface area contributed by atoms with E-state index < -0.39 is 0 Å². The highest BCUT2D eigenvalue weighted by molar-refractivity contribution is 4.97.